The average Bonchev–Trinajstić information content (AvgIpc) is 3.72. The van der Waals surface area contributed by atoms with E-state index in [1.165, 1.54) is 21.8 Å². The fourth-order valence-corrected chi connectivity index (χ4v) is 9.17. The quantitative estimate of drug-likeness (QED) is 0.175. The fourth-order valence-electron chi connectivity index (χ4n) is 5.39. The number of alkyl halides is 1. The van der Waals surface area contributed by atoms with Crippen LogP contribution in [0.25, 0.3) is 22.2 Å². The number of H-pyrrole nitrogens is 1. The summed E-state index contributed by atoms with van der Waals surface area (Å²) in [5.41, 5.74) is 10.3. The molecule has 0 spiro atoms. The molecule has 0 amide bonds. The number of nitrogens with two attached hydrogens (primary N) is 2. The number of hydrogen-bond donors (Lipinski definition) is 5. The van der Waals surface area contributed by atoms with Crippen molar-refractivity contribution >= 4 is 70.8 Å². The first-order valence-electron chi connectivity index (χ1n) is 12.7. The molecule has 0 radical (unpaired) electrons. The number of hydrogen-bond acceptors (Lipinski definition) is 15. The van der Waals surface area contributed by atoms with Gasteiger partial charge in [0.05, 0.1) is 30.4 Å². The van der Waals surface area contributed by atoms with Crippen LogP contribution in [0.2, 0.25) is 0 Å². The van der Waals surface area contributed by atoms with E-state index in [-0.39, 0.29) is 36.0 Å². The molecule has 2 unspecified atom stereocenters. The highest BCUT2D eigenvalue weighted by atomic mass is 32.5. The van der Waals surface area contributed by atoms with Gasteiger partial charge in [0.15, 0.2) is 36.3 Å². The van der Waals surface area contributed by atoms with E-state index in [2.05, 4.69) is 30.2 Å². The Morgan fingerprint density at radius 3 is 2.74 bits per heavy atom. The Balaban J connectivity index is 1.22. The van der Waals surface area contributed by atoms with Crippen molar-refractivity contribution < 1.29 is 37.2 Å². The largest absolute Gasteiger partial charge is 0.383 e. The monoisotopic (exact) mass is 676 g/mol. The summed E-state index contributed by atoms with van der Waals surface area (Å²) >= 11 is 10.8. The van der Waals surface area contributed by atoms with Crippen LogP contribution in [0.3, 0.4) is 0 Å². The van der Waals surface area contributed by atoms with Crippen molar-refractivity contribution in [3.05, 3.63) is 28.9 Å². The molecule has 0 aromatic carbocycles. The summed E-state index contributed by atoms with van der Waals surface area (Å²) in [6, 6.07) is 1.61. The molecule has 7 N–H and O–H groups in total. The van der Waals surface area contributed by atoms with Gasteiger partial charge >= 0.3 is 6.72 Å². The maximum atomic E-state index is 16.0. The molecule has 7 rings (SSSR count). The molecule has 230 valence electrons. The van der Waals surface area contributed by atoms with Crippen molar-refractivity contribution in [2.24, 2.45) is 0 Å². The Bertz CT molecular complexity index is 1890. The topological polar surface area (TPSA) is 246 Å². The lowest BCUT2D eigenvalue weighted by atomic mass is 10.1. The molecule has 0 saturated carbocycles. The van der Waals surface area contributed by atoms with Gasteiger partial charge in [-0.2, -0.15) is 9.67 Å². The van der Waals surface area contributed by atoms with Gasteiger partial charge in [-0.05, 0) is 36.1 Å². The van der Waals surface area contributed by atoms with Gasteiger partial charge in [-0.25, -0.2) is 14.4 Å². The van der Waals surface area contributed by atoms with Gasteiger partial charge < -0.3 is 44.3 Å². The third-order valence-electron chi connectivity index (χ3n) is 7.36. The normalized spacial score (nSPS) is 36.9. The van der Waals surface area contributed by atoms with E-state index >= 15 is 4.39 Å². The predicted octanol–water partition coefficient (Wildman–Crippen LogP) is -0.0339. The van der Waals surface area contributed by atoms with E-state index < -0.39 is 68.0 Å². The maximum absolute atomic E-state index is 16.0. The van der Waals surface area contributed by atoms with Crippen molar-refractivity contribution in [3.8, 4) is 0 Å². The number of aromatic nitrogens is 8. The van der Waals surface area contributed by atoms with Gasteiger partial charge in [-0.3, -0.25) is 14.3 Å². The fraction of sp³-hybridized carbons (Fsp3) is 0.500. The van der Waals surface area contributed by atoms with E-state index in [4.69, 9.17) is 58.1 Å². The van der Waals surface area contributed by atoms with Crippen LogP contribution in [0.1, 0.15) is 18.9 Å². The highest BCUT2D eigenvalue weighted by molar-refractivity contribution is 8.09. The molecule has 3 aliphatic heterocycles. The third kappa shape index (κ3) is 5.07. The van der Waals surface area contributed by atoms with E-state index in [1.807, 2.05) is 0 Å². The van der Waals surface area contributed by atoms with Gasteiger partial charge in [-0.15, -0.1) is 5.10 Å². The van der Waals surface area contributed by atoms with Crippen molar-refractivity contribution in [3.63, 3.8) is 0 Å². The maximum Gasteiger partial charge on any atom is 0.325 e. The van der Waals surface area contributed by atoms with Gasteiger partial charge in [0.1, 0.15) is 30.0 Å². The number of ether oxygens (including phenoxy) is 2. The van der Waals surface area contributed by atoms with Gasteiger partial charge in [-0.1, -0.05) is 5.21 Å². The van der Waals surface area contributed by atoms with Crippen molar-refractivity contribution in [2.45, 2.75) is 49.0 Å². The Hall–Kier alpha value is -2.55. The Kier molecular flexibility index (Phi) is 7.14. The summed E-state index contributed by atoms with van der Waals surface area (Å²) in [6.45, 7) is -8.62. The van der Waals surface area contributed by atoms with Gasteiger partial charge in [0, 0.05) is 6.20 Å². The van der Waals surface area contributed by atoms with Gasteiger partial charge in [0.25, 0.3) is 5.56 Å². The minimum atomic E-state index is -4.07. The number of fused-ring (bicyclic) bond motifs is 5. The number of nitrogens with zero attached hydrogens (tertiary/aromatic N) is 7. The number of anilines is 2. The predicted molar refractivity (Wildman–Crippen MR) is 153 cm³/mol. The zero-order valence-electron chi connectivity index (χ0n) is 21.6. The minimum absolute atomic E-state index is 0.0153. The average molecular weight is 677 g/mol. The minimum Gasteiger partial charge on any atom is -0.383 e. The molecule has 3 fully saturated rings. The summed E-state index contributed by atoms with van der Waals surface area (Å²) in [7, 11) is 0. The number of nitrogen functional groups attached to an aromatic ring is 2. The highest BCUT2D eigenvalue weighted by Crippen LogP contribution is 2.59. The molecule has 7 heterocycles. The molecular weight excluding hydrogens is 653 g/mol. The lowest BCUT2D eigenvalue weighted by Crippen LogP contribution is -2.34. The van der Waals surface area contributed by atoms with Crippen molar-refractivity contribution in [1.82, 2.24) is 39.5 Å². The van der Waals surface area contributed by atoms with Crippen LogP contribution in [-0.4, -0.2) is 92.6 Å². The number of nitrogens with one attached hydrogen (secondary N) is 1. The zero-order valence-corrected chi connectivity index (χ0v) is 25.0. The van der Waals surface area contributed by atoms with Crippen molar-refractivity contribution in [2.75, 3.05) is 24.7 Å². The number of aromatic amines is 1. The molecule has 3 aliphatic rings. The van der Waals surface area contributed by atoms with Crippen molar-refractivity contribution in [1.29, 1.82) is 0 Å². The van der Waals surface area contributed by atoms with E-state index in [1.54, 1.807) is 6.07 Å². The number of halogens is 1. The summed E-state index contributed by atoms with van der Waals surface area (Å²) < 4.78 is 47.8. The molecular formula is C20H23FN10O8P2S2. The third-order valence-corrected chi connectivity index (χ3v) is 11.9. The second kappa shape index (κ2) is 10.5. The highest BCUT2D eigenvalue weighted by Gasteiger charge is 2.53. The second-order valence-electron chi connectivity index (χ2n) is 10.0. The molecule has 3 saturated heterocycles. The molecule has 43 heavy (non-hydrogen) atoms. The molecule has 18 nitrogen and oxygen atoms in total. The molecule has 4 aromatic heterocycles. The van der Waals surface area contributed by atoms with Crippen LogP contribution in [-0.2, 0) is 46.7 Å². The smallest absolute Gasteiger partial charge is 0.325 e. The second-order valence-corrected chi connectivity index (χ2v) is 16.4. The lowest BCUT2D eigenvalue weighted by molar-refractivity contribution is -0.0406. The zero-order chi connectivity index (χ0) is 30.3. The molecule has 0 aliphatic carbocycles. The Morgan fingerprint density at radius 2 is 1.93 bits per heavy atom. The van der Waals surface area contributed by atoms with Crippen LogP contribution in [0.15, 0.2) is 23.4 Å². The van der Waals surface area contributed by atoms with Crippen LogP contribution >= 0.6 is 13.2 Å². The van der Waals surface area contributed by atoms with Crippen LogP contribution < -0.4 is 17.0 Å². The molecule has 9 atom stereocenters. The molecule has 4 aromatic rings. The molecule has 2 bridgehead atoms. The first-order valence-corrected chi connectivity index (χ1v) is 18.0. The van der Waals surface area contributed by atoms with E-state index in [0.717, 1.165) is 0 Å². The van der Waals surface area contributed by atoms with E-state index in [0.29, 0.717) is 11.0 Å². The van der Waals surface area contributed by atoms with Crippen LogP contribution in [0.4, 0.5) is 16.2 Å². The first kappa shape index (κ1) is 29.2. The summed E-state index contributed by atoms with van der Waals surface area (Å²) in [5.74, 6) is 0.00138. The summed E-state index contributed by atoms with van der Waals surface area (Å²) in [5, 5.41) is 8.33. The van der Waals surface area contributed by atoms with Crippen LogP contribution in [0, 0.1) is 0 Å². The van der Waals surface area contributed by atoms with Gasteiger partial charge in [0.2, 0.25) is 5.95 Å². The standard InChI is InChI=1S/C20H23FN10O8P2S2/c21-11-13-9(38-19(11)30-2-1-8-14(22)24-6-25-15(8)30)5-35-40(33,42)10-3-7(4-36-41(34,43)39-13)37-18(10)31-16-12(28-29-31)17(32)27-20(23)26-16/h1-2,6-7,9-11,13,18-19H,3-5H2,(H,33,42)(H,34,43)(H2,22,24,25)(H3,23,26,27,32)/t7-,9+,10+,11-,13+,18+,19+,40?,41?/m0/s1. The lowest BCUT2D eigenvalue weighted by Gasteiger charge is -2.29. The van der Waals surface area contributed by atoms with E-state index in [9.17, 15) is 14.6 Å². The Labute approximate surface area is 249 Å². The number of rotatable bonds is 2. The molecule has 23 heteroatoms. The summed E-state index contributed by atoms with van der Waals surface area (Å²) in [6.07, 6.45) is -4.96. The SMILES string of the molecule is Nc1nc2c(nnn2[C@@H]2O[C@@H]3COP(O)(=S)O[C@H]4[C@H](F)[C@H](n5ccc6c(N)ncnc65)O[C@@H]4COP(O)(=S)[C@@H]2C3)c(=O)[nH]1. The Morgan fingerprint density at radius 1 is 1.12 bits per heavy atom. The van der Waals surface area contributed by atoms with Crippen LogP contribution in [0.5, 0.6) is 0 Å². The first-order chi connectivity index (χ1) is 20.4. The summed E-state index contributed by atoms with van der Waals surface area (Å²) in [4.78, 5) is 49.3.